The van der Waals surface area contributed by atoms with Crippen molar-refractivity contribution in [2.45, 2.75) is 32.2 Å². The normalized spacial score (nSPS) is 22.2. The molecule has 1 aliphatic carbocycles. The molecule has 0 radical (unpaired) electrons. The van der Waals surface area contributed by atoms with Crippen molar-refractivity contribution in [3.8, 4) is 5.75 Å². The molecule has 17 heavy (non-hydrogen) atoms. The standard InChI is InChI=1S/C13H16INO2/c1-2-3-8-6-11(8)15-13(17)9-4-5-10(14)12(16)7-9/h4-5,7-8,11,16H,2-3,6H2,1H3,(H,15,17). The molecule has 0 bridgehead atoms. The van der Waals surface area contributed by atoms with Crippen LogP contribution in [0.5, 0.6) is 5.75 Å². The molecule has 0 aromatic heterocycles. The maximum absolute atomic E-state index is 11.9. The fourth-order valence-electron chi connectivity index (χ4n) is 2.02. The summed E-state index contributed by atoms with van der Waals surface area (Å²) in [5.74, 6) is 0.737. The third-order valence-electron chi connectivity index (χ3n) is 3.11. The first-order valence-corrected chi connectivity index (χ1v) is 6.99. The fraction of sp³-hybridized carbons (Fsp3) is 0.462. The molecule has 1 saturated carbocycles. The van der Waals surface area contributed by atoms with Gasteiger partial charge >= 0.3 is 0 Å². The molecule has 1 amide bonds. The molecule has 2 rings (SSSR count). The molecule has 1 aromatic carbocycles. The lowest BCUT2D eigenvalue weighted by Crippen LogP contribution is -2.26. The molecule has 0 saturated heterocycles. The summed E-state index contributed by atoms with van der Waals surface area (Å²) in [6.45, 7) is 2.16. The highest BCUT2D eigenvalue weighted by molar-refractivity contribution is 14.1. The van der Waals surface area contributed by atoms with E-state index in [9.17, 15) is 9.90 Å². The second-order valence-electron chi connectivity index (χ2n) is 4.53. The maximum Gasteiger partial charge on any atom is 0.251 e. The van der Waals surface area contributed by atoms with Gasteiger partial charge in [-0.1, -0.05) is 13.3 Å². The van der Waals surface area contributed by atoms with E-state index in [1.54, 1.807) is 12.1 Å². The molecule has 0 aliphatic heterocycles. The quantitative estimate of drug-likeness (QED) is 0.825. The van der Waals surface area contributed by atoms with E-state index < -0.39 is 0 Å². The van der Waals surface area contributed by atoms with Crippen LogP contribution in [-0.4, -0.2) is 17.1 Å². The summed E-state index contributed by atoms with van der Waals surface area (Å²) in [6, 6.07) is 5.35. The molecule has 2 atom stereocenters. The molecule has 92 valence electrons. The van der Waals surface area contributed by atoms with Gasteiger partial charge in [-0.3, -0.25) is 4.79 Å². The molecule has 2 unspecified atom stereocenters. The number of halogens is 1. The highest BCUT2D eigenvalue weighted by Gasteiger charge is 2.37. The highest BCUT2D eigenvalue weighted by Crippen LogP contribution is 2.34. The zero-order chi connectivity index (χ0) is 12.4. The minimum atomic E-state index is -0.0831. The van der Waals surface area contributed by atoms with Gasteiger partial charge in [-0.05, 0) is 59.5 Å². The Morgan fingerprint density at radius 1 is 1.59 bits per heavy atom. The van der Waals surface area contributed by atoms with E-state index in [0.717, 1.165) is 9.99 Å². The van der Waals surface area contributed by atoms with E-state index in [4.69, 9.17) is 0 Å². The van der Waals surface area contributed by atoms with Crippen molar-refractivity contribution in [1.29, 1.82) is 0 Å². The number of benzene rings is 1. The Labute approximate surface area is 115 Å². The molecule has 1 fully saturated rings. The zero-order valence-corrected chi connectivity index (χ0v) is 11.9. The maximum atomic E-state index is 11.9. The Hall–Kier alpha value is -0.780. The topological polar surface area (TPSA) is 49.3 Å². The highest BCUT2D eigenvalue weighted by atomic mass is 127. The van der Waals surface area contributed by atoms with Crippen LogP contribution >= 0.6 is 22.6 Å². The number of aromatic hydroxyl groups is 1. The molecule has 4 heteroatoms. The Bertz CT molecular complexity index is 433. The van der Waals surface area contributed by atoms with Crippen molar-refractivity contribution in [2.75, 3.05) is 0 Å². The van der Waals surface area contributed by atoms with Crippen LogP contribution in [0.2, 0.25) is 0 Å². The minimum absolute atomic E-state index is 0.0831. The van der Waals surface area contributed by atoms with Gasteiger partial charge in [0.1, 0.15) is 5.75 Å². The SMILES string of the molecule is CCCC1CC1NC(=O)c1ccc(I)c(O)c1. The van der Waals surface area contributed by atoms with Crippen LogP contribution in [0.1, 0.15) is 36.5 Å². The van der Waals surface area contributed by atoms with Gasteiger partial charge in [0.25, 0.3) is 5.91 Å². The van der Waals surface area contributed by atoms with E-state index >= 15 is 0 Å². The first-order chi connectivity index (χ1) is 8.11. The third-order valence-corrected chi connectivity index (χ3v) is 4.02. The molecular weight excluding hydrogens is 329 g/mol. The van der Waals surface area contributed by atoms with Gasteiger partial charge in [-0.2, -0.15) is 0 Å². The number of phenolic OH excluding ortho intramolecular Hbond substituents is 1. The van der Waals surface area contributed by atoms with Gasteiger partial charge in [-0.15, -0.1) is 0 Å². The van der Waals surface area contributed by atoms with Gasteiger partial charge in [-0.25, -0.2) is 0 Å². The zero-order valence-electron chi connectivity index (χ0n) is 9.74. The summed E-state index contributed by atoms with van der Waals surface area (Å²) in [5, 5.41) is 12.5. The van der Waals surface area contributed by atoms with E-state index in [0.29, 0.717) is 17.5 Å². The first-order valence-electron chi connectivity index (χ1n) is 5.91. The fourth-order valence-corrected chi connectivity index (χ4v) is 2.36. The van der Waals surface area contributed by atoms with Crippen molar-refractivity contribution >= 4 is 28.5 Å². The molecule has 1 aromatic rings. The summed E-state index contributed by atoms with van der Waals surface area (Å²) >= 11 is 2.03. The largest absolute Gasteiger partial charge is 0.507 e. The van der Waals surface area contributed by atoms with Crippen LogP contribution in [0.25, 0.3) is 0 Å². The molecular formula is C13H16INO2. The first kappa shape index (κ1) is 12.7. The lowest BCUT2D eigenvalue weighted by atomic mass is 10.2. The van der Waals surface area contributed by atoms with E-state index in [1.807, 2.05) is 22.6 Å². The monoisotopic (exact) mass is 345 g/mol. The van der Waals surface area contributed by atoms with Crippen LogP contribution in [0.3, 0.4) is 0 Å². The van der Waals surface area contributed by atoms with Crippen molar-refractivity contribution in [2.24, 2.45) is 5.92 Å². The van der Waals surface area contributed by atoms with E-state index in [-0.39, 0.29) is 11.7 Å². The van der Waals surface area contributed by atoms with Crippen molar-refractivity contribution in [1.82, 2.24) is 5.32 Å². The van der Waals surface area contributed by atoms with Crippen LogP contribution in [0.4, 0.5) is 0 Å². The number of hydrogen-bond donors (Lipinski definition) is 2. The average Bonchev–Trinajstić information content (AvgIpc) is 3.01. The van der Waals surface area contributed by atoms with Gasteiger partial charge in [0.2, 0.25) is 0 Å². The van der Waals surface area contributed by atoms with E-state index in [1.165, 1.54) is 18.9 Å². The van der Waals surface area contributed by atoms with Crippen LogP contribution < -0.4 is 5.32 Å². The van der Waals surface area contributed by atoms with Crippen molar-refractivity contribution < 1.29 is 9.90 Å². The second kappa shape index (κ2) is 5.25. The molecule has 0 spiro atoms. The number of amides is 1. The number of nitrogens with one attached hydrogen (secondary N) is 1. The number of rotatable bonds is 4. The van der Waals surface area contributed by atoms with Gasteiger partial charge < -0.3 is 10.4 Å². The van der Waals surface area contributed by atoms with E-state index in [2.05, 4.69) is 12.2 Å². The van der Waals surface area contributed by atoms with Gasteiger partial charge in [0.05, 0.1) is 3.57 Å². The summed E-state index contributed by atoms with van der Waals surface area (Å²) in [7, 11) is 0. The lowest BCUT2D eigenvalue weighted by Gasteiger charge is -2.05. The van der Waals surface area contributed by atoms with Crippen molar-refractivity contribution in [3.05, 3.63) is 27.3 Å². The average molecular weight is 345 g/mol. The number of carbonyl (C=O) groups excluding carboxylic acids is 1. The van der Waals surface area contributed by atoms with Gasteiger partial charge in [0.15, 0.2) is 0 Å². The Balaban J connectivity index is 1.94. The smallest absolute Gasteiger partial charge is 0.251 e. The van der Waals surface area contributed by atoms with Gasteiger partial charge in [0, 0.05) is 11.6 Å². The predicted molar refractivity (Wildman–Crippen MR) is 75.1 cm³/mol. The second-order valence-corrected chi connectivity index (χ2v) is 5.69. The predicted octanol–water partition coefficient (Wildman–Crippen LogP) is 2.92. The Morgan fingerprint density at radius 2 is 2.35 bits per heavy atom. The molecule has 0 heterocycles. The number of phenols is 1. The minimum Gasteiger partial charge on any atom is -0.507 e. The molecule has 2 N–H and O–H groups in total. The summed E-state index contributed by atoms with van der Waals surface area (Å²) in [5.41, 5.74) is 0.532. The van der Waals surface area contributed by atoms with Crippen LogP contribution in [-0.2, 0) is 0 Å². The third kappa shape index (κ3) is 3.12. The summed E-state index contributed by atoms with van der Waals surface area (Å²) in [4.78, 5) is 11.9. The molecule has 3 nitrogen and oxygen atoms in total. The number of hydrogen-bond acceptors (Lipinski definition) is 2. The Kier molecular flexibility index (Phi) is 3.91. The summed E-state index contributed by atoms with van der Waals surface area (Å²) < 4.78 is 0.759. The lowest BCUT2D eigenvalue weighted by molar-refractivity contribution is 0.0948. The Morgan fingerprint density at radius 3 is 3.00 bits per heavy atom. The number of carbonyl (C=O) groups is 1. The molecule has 1 aliphatic rings. The van der Waals surface area contributed by atoms with Crippen LogP contribution in [0.15, 0.2) is 18.2 Å². The van der Waals surface area contributed by atoms with Crippen LogP contribution in [0, 0.1) is 9.49 Å². The van der Waals surface area contributed by atoms with Crippen molar-refractivity contribution in [3.63, 3.8) is 0 Å². The summed E-state index contributed by atoms with van der Waals surface area (Å²) in [6.07, 6.45) is 3.44.